The van der Waals surface area contributed by atoms with Gasteiger partial charge in [0.1, 0.15) is 5.39 Å². The van der Waals surface area contributed by atoms with E-state index in [4.69, 9.17) is 4.98 Å². The molecule has 0 fully saturated rings. The topological polar surface area (TPSA) is 89.7 Å². The van der Waals surface area contributed by atoms with Gasteiger partial charge in [0.25, 0.3) is 5.56 Å². The summed E-state index contributed by atoms with van der Waals surface area (Å²) < 4.78 is 3.65. The quantitative estimate of drug-likeness (QED) is 0.426. The first-order valence-corrected chi connectivity index (χ1v) is 12.3. The molecule has 0 saturated heterocycles. The van der Waals surface area contributed by atoms with E-state index in [1.807, 2.05) is 30.8 Å². The second-order valence-corrected chi connectivity index (χ2v) is 10.2. The molecular formula is C27H33N7O. The lowest BCUT2D eigenvalue weighted by molar-refractivity contribution is 0.470. The van der Waals surface area contributed by atoms with Crippen LogP contribution in [-0.4, -0.2) is 30.9 Å². The summed E-state index contributed by atoms with van der Waals surface area (Å²) in [4.78, 5) is 27.3. The molecule has 0 bridgehead atoms. The van der Waals surface area contributed by atoms with E-state index in [9.17, 15) is 4.79 Å². The van der Waals surface area contributed by atoms with Gasteiger partial charge in [-0.25, -0.2) is 14.3 Å². The highest BCUT2D eigenvalue weighted by atomic mass is 16.1. The Kier molecular flexibility index (Phi) is 5.92. The zero-order valence-electron chi connectivity index (χ0n) is 21.1. The predicted octanol–water partition coefficient (Wildman–Crippen LogP) is 4.64. The number of pyridine rings is 1. The van der Waals surface area contributed by atoms with Crippen LogP contribution in [-0.2, 0) is 18.4 Å². The Morgan fingerprint density at radius 1 is 1.14 bits per heavy atom. The predicted molar refractivity (Wildman–Crippen MR) is 140 cm³/mol. The molecule has 182 valence electrons. The third-order valence-electron chi connectivity index (χ3n) is 7.03. The van der Waals surface area contributed by atoms with Crippen LogP contribution >= 0.6 is 0 Å². The molecule has 1 aromatic carbocycles. The van der Waals surface area contributed by atoms with Gasteiger partial charge in [-0.05, 0) is 68.6 Å². The molecule has 1 aliphatic heterocycles. The van der Waals surface area contributed by atoms with Gasteiger partial charge in [-0.2, -0.15) is 4.98 Å². The lowest BCUT2D eigenvalue weighted by atomic mass is 9.86. The molecule has 3 aromatic heterocycles. The summed E-state index contributed by atoms with van der Waals surface area (Å²) in [6.07, 6.45) is 5.43. The molecule has 8 nitrogen and oxygen atoms in total. The van der Waals surface area contributed by atoms with Crippen LogP contribution in [0.3, 0.4) is 0 Å². The highest BCUT2D eigenvalue weighted by molar-refractivity contribution is 5.77. The third kappa shape index (κ3) is 4.23. The van der Waals surface area contributed by atoms with Crippen molar-refractivity contribution in [1.82, 2.24) is 29.6 Å². The summed E-state index contributed by atoms with van der Waals surface area (Å²) in [6, 6.07) is 10.3. The van der Waals surface area contributed by atoms with E-state index in [2.05, 4.69) is 65.6 Å². The Balaban J connectivity index is 1.62. The van der Waals surface area contributed by atoms with Crippen LogP contribution in [0.25, 0.3) is 16.7 Å². The van der Waals surface area contributed by atoms with Crippen LogP contribution < -0.4 is 16.2 Å². The van der Waals surface area contributed by atoms with Crippen molar-refractivity contribution in [2.75, 3.05) is 11.9 Å². The maximum Gasteiger partial charge on any atom is 0.278 e. The number of aromatic nitrogens is 5. The average Bonchev–Trinajstić information content (AvgIpc) is 3.16. The molecule has 35 heavy (non-hydrogen) atoms. The zero-order chi connectivity index (χ0) is 24.7. The van der Waals surface area contributed by atoms with Crippen molar-refractivity contribution in [3.8, 4) is 5.69 Å². The molecule has 2 N–H and O–H groups in total. The molecular weight excluding hydrogens is 438 g/mol. The summed E-state index contributed by atoms with van der Waals surface area (Å²) >= 11 is 0. The van der Waals surface area contributed by atoms with E-state index >= 15 is 0 Å². The normalized spacial score (nSPS) is 13.9. The largest absolute Gasteiger partial charge is 0.324 e. The second kappa shape index (κ2) is 8.92. The van der Waals surface area contributed by atoms with Crippen molar-refractivity contribution in [2.45, 2.75) is 65.5 Å². The fourth-order valence-corrected chi connectivity index (χ4v) is 4.56. The van der Waals surface area contributed by atoms with Crippen LogP contribution in [0.4, 0.5) is 11.6 Å². The Morgan fingerprint density at radius 2 is 1.97 bits per heavy atom. The number of hydrogen-bond acceptors (Lipinski definition) is 6. The SMILES string of the molecule is CCC(C)(C)c1cc(-n2c3nc(Nc4ccc5c(c4)CNCC5)ncc3c(=O)n2C(C)C)ccn1. The molecule has 0 aliphatic carbocycles. The van der Waals surface area contributed by atoms with E-state index in [1.165, 1.54) is 11.1 Å². The van der Waals surface area contributed by atoms with Gasteiger partial charge in [-0.1, -0.05) is 26.8 Å². The number of hydrogen-bond donors (Lipinski definition) is 2. The standard InChI is InChI=1S/C27H33N7O/c1-6-27(4,5)23-14-21(10-12-29-23)34-24-22(25(35)33(34)17(2)3)16-30-26(32-24)31-20-8-7-18-9-11-28-15-19(18)13-20/h7-8,10,12-14,16-17,28H,6,9,11,15H2,1-5H3,(H,30,31,32). The molecule has 1 aliphatic rings. The highest BCUT2D eigenvalue weighted by Crippen LogP contribution is 2.28. The van der Waals surface area contributed by atoms with Gasteiger partial charge >= 0.3 is 0 Å². The minimum atomic E-state index is -0.102. The summed E-state index contributed by atoms with van der Waals surface area (Å²) in [6.45, 7) is 12.4. The van der Waals surface area contributed by atoms with Gasteiger partial charge in [0, 0.05) is 41.8 Å². The van der Waals surface area contributed by atoms with Crippen LogP contribution in [0.15, 0.2) is 47.5 Å². The maximum absolute atomic E-state index is 13.4. The third-order valence-corrected chi connectivity index (χ3v) is 7.03. The number of nitrogens with one attached hydrogen (secondary N) is 2. The Hall–Kier alpha value is -3.52. The van der Waals surface area contributed by atoms with Crippen molar-refractivity contribution < 1.29 is 0 Å². The van der Waals surface area contributed by atoms with Gasteiger partial charge in [0.05, 0.1) is 5.69 Å². The summed E-state index contributed by atoms with van der Waals surface area (Å²) in [7, 11) is 0. The number of rotatable bonds is 6. The summed E-state index contributed by atoms with van der Waals surface area (Å²) in [5.41, 5.74) is 5.83. The molecule has 0 unspecified atom stereocenters. The average molecular weight is 472 g/mol. The first-order chi connectivity index (χ1) is 16.8. The van der Waals surface area contributed by atoms with E-state index in [0.29, 0.717) is 17.0 Å². The molecule has 8 heteroatoms. The minimum Gasteiger partial charge on any atom is -0.324 e. The van der Waals surface area contributed by atoms with Crippen LogP contribution in [0.2, 0.25) is 0 Å². The monoisotopic (exact) mass is 471 g/mol. The minimum absolute atomic E-state index is 0.0583. The molecule has 0 saturated carbocycles. The first kappa shape index (κ1) is 23.2. The number of fused-ring (bicyclic) bond motifs is 2. The molecule has 4 heterocycles. The van der Waals surface area contributed by atoms with E-state index in [0.717, 1.165) is 43.0 Å². The van der Waals surface area contributed by atoms with E-state index in [1.54, 1.807) is 10.9 Å². The Labute approximate surface area is 205 Å². The molecule has 5 rings (SSSR count). The zero-order valence-corrected chi connectivity index (χ0v) is 21.1. The van der Waals surface area contributed by atoms with Crippen molar-refractivity contribution >= 4 is 22.7 Å². The number of anilines is 2. The lowest BCUT2D eigenvalue weighted by Gasteiger charge is -2.23. The Morgan fingerprint density at radius 3 is 2.74 bits per heavy atom. The first-order valence-electron chi connectivity index (χ1n) is 12.3. The van der Waals surface area contributed by atoms with Gasteiger partial charge < -0.3 is 10.6 Å². The fourth-order valence-electron chi connectivity index (χ4n) is 4.56. The molecule has 0 amide bonds. The second-order valence-electron chi connectivity index (χ2n) is 10.2. The fraction of sp³-hybridized carbons (Fsp3) is 0.407. The van der Waals surface area contributed by atoms with E-state index in [-0.39, 0.29) is 17.0 Å². The maximum atomic E-state index is 13.4. The Bertz CT molecular complexity index is 1450. The molecule has 4 aromatic rings. The van der Waals surface area contributed by atoms with Crippen LogP contribution in [0.5, 0.6) is 0 Å². The number of nitrogens with zero attached hydrogens (tertiary/aromatic N) is 5. The highest BCUT2D eigenvalue weighted by Gasteiger charge is 2.23. The summed E-state index contributed by atoms with van der Waals surface area (Å²) in [5.74, 6) is 0.457. The molecule has 0 radical (unpaired) electrons. The van der Waals surface area contributed by atoms with Gasteiger partial charge in [-0.3, -0.25) is 9.78 Å². The van der Waals surface area contributed by atoms with Crippen LogP contribution in [0.1, 0.15) is 63.9 Å². The van der Waals surface area contributed by atoms with Crippen molar-refractivity contribution in [3.05, 3.63) is 69.9 Å². The van der Waals surface area contributed by atoms with Gasteiger partial charge in [0.2, 0.25) is 5.95 Å². The van der Waals surface area contributed by atoms with Crippen molar-refractivity contribution in [2.24, 2.45) is 0 Å². The van der Waals surface area contributed by atoms with Gasteiger partial charge in [0.15, 0.2) is 5.65 Å². The summed E-state index contributed by atoms with van der Waals surface area (Å²) in [5, 5.41) is 7.25. The molecule has 0 atom stereocenters. The van der Waals surface area contributed by atoms with Gasteiger partial charge in [-0.15, -0.1) is 0 Å². The van der Waals surface area contributed by atoms with Crippen molar-refractivity contribution in [3.63, 3.8) is 0 Å². The lowest BCUT2D eigenvalue weighted by Crippen LogP contribution is -2.25. The number of benzene rings is 1. The van der Waals surface area contributed by atoms with Crippen LogP contribution in [0, 0.1) is 0 Å². The smallest absolute Gasteiger partial charge is 0.278 e. The van der Waals surface area contributed by atoms with Crippen molar-refractivity contribution in [1.29, 1.82) is 0 Å². The molecule has 0 spiro atoms. The van der Waals surface area contributed by atoms with E-state index < -0.39 is 0 Å².